The summed E-state index contributed by atoms with van der Waals surface area (Å²) in [4.78, 5) is -0.0411. The number of hydrogen-bond donors (Lipinski definition) is 2. The van der Waals surface area contributed by atoms with E-state index in [0.717, 1.165) is 11.1 Å². The van der Waals surface area contributed by atoms with Gasteiger partial charge in [-0.25, -0.2) is 8.42 Å². The van der Waals surface area contributed by atoms with Gasteiger partial charge < -0.3 is 5.73 Å². The number of anilines is 2. The molecule has 2 aromatic carbocycles. The van der Waals surface area contributed by atoms with Crippen molar-refractivity contribution in [2.75, 3.05) is 10.5 Å². The fraction of sp³-hybridized carbons (Fsp3) is 0.133. The molecule has 3 N–H and O–H groups in total. The number of aryl methyl sites for hydroxylation is 2. The van der Waals surface area contributed by atoms with E-state index in [1.807, 2.05) is 26.0 Å². The first kappa shape index (κ1) is 14.9. The van der Waals surface area contributed by atoms with Gasteiger partial charge in [-0.1, -0.05) is 6.07 Å². The molecule has 0 saturated carbocycles. The van der Waals surface area contributed by atoms with E-state index in [2.05, 4.69) is 4.72 Å². The van der Waals surface area contributed by atoms with Gasteiger partial charge in [0.15, 0.2) is 0 Å². The third-order valence-corrected chi connectivity index (χ3v) is 4.36. The molecule has 0 atom stereocenters. The van der Waals surface area contributed by atoms with Gasteiger partial charge >= 0.3 is 0 Å². The number of nitrogens with zero attached hydrogens (tertiary/aromatic N) is 1. The number of benzene rings is 2. The molecule has 0 unspecified atom stereocenters. The molecule has 108 valence electrons. The lowest BCUT2D eigenvalue weighted by molar-refractivity contribution is 0.601. The smallest absolute Gasteiger partial charge is 0.263 e. The maximum absolute atomic E-state index is 12.4. The Morgan fingerprint density at radius 1 is 1.10 bits per heavy atom. The fourth-order valence-electron chi connectivity index (χ4n) is 2.11. The molecule has 0 fully saturated rings. The van der Waals surface area contributed by atoms with Crippen molar-refractivity contribution in [3.8, 4) is 6.07 Å². The van der Waals surface area contributed by atoms with Crippen LogP contribution in [0, 0.1) is 25.2 Å². The number of nitrogens with two attached hydrogens (primary N) is 1. The molecule has 0 heterocycles. The Balaban J connectivity index is 2.41. The van der Waals surface area contributed by atoms with E-state index < -0.39 is 10.0 Å². The van der Waals surface area contributed by atoms with Gasteiger partial charge in [-0.15, -0.1) is 0 Å². The molecule has 5 nitrogen and oxygen atoms in total. The van der Waals surface area contributed by atoms with Crippen LogP contribution in [0.3, 0.4) is 0 Å². The number of nitrogens with one attached hydrogen (secondary N) is 1. The van der Waals surface area contributed by atoms with Crippen LogP contribution in [0.5, 0.6) is 0 Å². The molecule has 0 saturated heterocycles. The minimum Gasteiger partial charge on any atom is -0.398 e. The predicted molar refractivity (Wildman–Crippen MR) is 82.3 cm³/mol. The molecule has 0 bridgehead atoms. The van der Waals surface area contributed by atoms with Gasteiger partial charge in [0.25, 0.3) is 10.0 Å². The summed E-state index contributed by atoms with van der Waals surface area (Å²) < 4.78 is 27.2. The van der Waals surface area contributed by atoms with Crippen molar-refractivity contribution in [1.29, 1.82) is 5.26 Å². The minimum atomic E-state index is -3.79. The zero-order valence-corrected chi connectivity index (χ0v) is 12.5. The number of rotatable bonds is 3. The number of nitriles is 1. The number of sulfonamides is 1. The van der Waals surface area contributed by atoms with Crippen LogP contribution in [0.4, 0.5) is 11.4 Å². The summed E-state index contributed by atoms with van der Waals surface area (Å²) in [5.74, 6) is 0. The molecule has 0 spiro atoms. The lowest BCUT2D eigenvalue weighted by Crippen LogP contribution is -2.15. The van der Waals surface area contributed by atoms with Crippen LogP contribution in [-0.2, 0) is 10.0 Å². The van der Waals surface area contributed by atoms with Crippen LogP contribution in [0.25, 0.3) is 0 Å². The Kier molecular flexibility index (Phi) is 3.87. The maximum atomic E-state index is 12.4. The number of hydrogen-bond acceptors (Lipinski definition) is 4. The van der Waals surface area contributed by atoms with Crippen molar-refractivity contribution in [1.82, 2.24) is 0 Å². The third-order valence-electron chi connectivity index (χ3n) is 2.90. The van der Waals surface area contributed by atoms with Crippen molar-refractivity contribution in [3.63, 3.8) is 0 Å². The average Bonchev–Trinajstić information content (AvgIpc) is 2.36. The lowest BCUT2D eigenvalue weighted by atomic mass is 10.1. The standard InChI is InChI=1S/C15H15N3O2S/c1-10-5-11(2)7-13(6-10)18-21(19,20)15-4-3-12(9-16)8-14(15)17/h3-8,18H,17H2,1-2H3. The molecule has 0 aliphatic rings. The Morgan fingerprint density at radius 2 is 1.71 bits per heavy atom. The van der Waals surface area contributed by atoms with Gasteiger partial charge in [0.2, 0.25) is 0 Å². The second kappa shape index (κ2) is 5.46. The molecule has 0 amide bonds. The van der Waals surface area contributed by atoms with Gasteiger partial charge in [0.1, 0.15) is 4.90 Å². The fourth-order valence-corrected chi connectivity index (χ4v) is 3.26. The molecule has 2 aromatic rings. The van der Waals surface area contributed by atoms with E-state index in [9.17, 15) is 8.42 Å². The van der Waals surface area contributed by atoms with E-state index in [4.69, 9.17) is 11.0 Å². The first-order chi connectivity index (χ1) is 9.81. The first-order valence-corrected chi connectivity index (χ1v) is 7.71. The predicted octanol–water partition coefficient (Wildman–Crippen LogP) is 2.56. The van der Waals surface area contributed by atoms with E-state index in [0.29, 0.717) is 11.3 Å². The molecule has 0 aliphatic carbocycles. The van der Waals surface area contributed by atoms with Crippen LogP contribution >= 0.6 is 0 Å². The second-order valence-electron chi connectivity index (χ2n) is 4.85. The Bertz CT molecular complexity index is 816. The summed E-state index contributed by atoms with van der Waals surface area (Å²) in [6, 6.07) is 11.4. The normalized spacial score (nSPS) is 10.9. The molecular weight excluding hydrogens is 286 g/mol. The van der Waals surface area contributed by atoms with Crippen LogP contribution < -0.4 is 10.5 Å². The van der Waals surface area contributed by atoms with Crippen molar-refractivity contribution in [2.45, 2.75) is 18.7 Å². The van der Waals surface area contributed by atoms with E-state index >= 15 is 0 Å². The highest BCUT2D eigenvalue weighted by atomic mass is 32.2. The van der Waals surface area contributed by atoms with Crippen molar-refractivity contribution >= 4 is 21.4 Å². The highest BCUT2D eigenvalue weighted by Crippen LogP contribution is 2.23. The molecule has 21 heavy (non-hydrogen) atoms. The molecule has 6 heteroatoms. The summed E-state index contributed by atoms with van der Waals surface area (Å²) in [6.45, 7) is 3.78. The maximum Gasteiger partial charge on any atom is 0.263 e. The average molecular weight is 301 g/mol. The summed E-state index contributed by atoms with van der Waals surface area (Å²) in [5.41, 5.74) is 8.49. The monoisotopic (exact) mass is 301 g/mol. The van der Waals surface area contributed by atoms with E-state index in [-0.39, 0.29) is 10.6 Å². The summed E-state index contributed by atoms with van der Waals surface area (Å²) in [6.07, 6.45) is 0. The van der Waals surface area contributed by atoms with Crippen LogP contribution in [0.15, 0.2) is 41.3 Å². The third kappa shape index (κ3) is 3.33. The molecule has 0 radical (unpaired) electrons. The second-order valence-corrected chi connectivity index (χ2v) is 6.50. The molecule has 0 aromatic heterocycles. The van der Waals surface area contributed by atoms with Gasteiger partial charge in [-0.05, 0) is 55.3 Å². The lowest BCUT2D eigenvalue weighted by Gasteiger charge is -2.11. The van der Waals surface area contributed by atoms with Crippen molar-refractivity contribution in [3.05, 3.63) is 53.1 Å². The molecule has 0 aliphatic heterocycles. The SMILES string of the molecule is Cc1cc(C)cc(NS(=O)(=O)c2ccc(C#N)cc2N)c1. The van der Waals surface area contributed by atoms with Gasteiger partial charge in [0.05, 0.1) is 17.3 Å². The highest BCUT2D eigenvalue weighted by Gasteiger charge is 2.18. The first-order valence-electron chi connectivity index (χ1n) is 6.22. The van der Waals surface area contributed by atoms with Gasteiger partial charge in [-0.2, -0.15) is 5.26 Å². The summed E-state index contributed by atoms with van der Waals surface area (Å²) >= 11 is 0. The van der Waals surface area contributed by atoms with Gasteiger partial charge in [0, 0.05) is 5.69 Å². The topological polar surface area (TPSA) is 96.0 Å². The Morgan fingerprint density at radius 3 is 2.24 bits per heavy atom. The Hall–Kier alpha value is -2.52. The minimum absolute atomic E-state index is 0.0411. The van der Waals surface area contributed by atoms with Crippen molar-refractivity contribution < 1.29 is 8.42 Å². The number of nitrogen functional groups attached to an aromatic ring is 1. The molecule has 2 rings (SSSR count). The zero-order valence-electron chi connectivity index (χ0n) is 11.7. The highest BCUT2D eigenvalue weighted by molar-refractivity contribution is 7.92. The largest absolute Gasteiger partial charge is 0.398 e. The van der Waals surface area contributed by atoms with E-state index in [1.165, 1.54) is 18.2 Å². The van der Waals surface area contributed by atoms with Crippen LogP contribution in [0.1, 0.15) is 16.7 Å². The summed E-state index contributed by atoms with van der Waals surface area (Å²) in [5, 5.41) is 8.78. The van der Waals surface area contributed by atoms with E-state index in [1.54, 1.807) is 12.1 Å². The quantitative estimate of drug-likeness (QED) is 0.851. The molecular formula is C15H15N3O2S. The zero-order chi connectivity index (χ0) is 15.6. The Labute approximate surface area is 124 Å². The summed E-state index contributed by atoms with van der Waals surface area (Å²) in [7, 11) is -3.79. The van der Waals surface area contributed by atoms with Crippen LogP contribution in [0.2, 0.25) is 0 Å². The van der Waals surface area contributed by atoms with Gasteiger partial charge in [-0.3, -0.25) is 4.72 Å². The van der Waals surface area contributed by atoms with Crippen LogP contribution in [-0.4, -0.2) is 8.42 Å². The van der Waals surface area contributed by atoms with Crippen molar-refractivity contribution in [2.24, 2.45) is 0 Å².